The van der Waals surface area contributed by atoms with Gasteiger partial charge in [0.05, 0.1) is 17.8 Å². The van der Waals surface area contributed by atoms with Crippen LogP contribution in [0, 0.1) is 5.92 Å². The Hall–Kier alpha value is -3.95. The highest BCUT2D eigenvalue weighted by Crippen LogP contribution is 2.30. The van der Waals surface area contributed by atoms with E-state index in [-0.39, 0.29) is 24.9 Å². The number of H-pyrrole nitrogens is 1. The molecule has 0 aliphatic heterocycles. The molecule has 3 N–H and O–H groups in total. The number of alkyl halides is 3. The van der Waals surface area contributed by atoms with Crippen LogP contribution in [0.3, 0.4) is 0 Å². The fraction of sp³-hybridized carbons (Fsp3) is 0.280. The molecule has 1 amide bonds. The minimum Gasteiger partial charge on any atom is -0.384 e. The molecular formula is C25H23F3N6O. The number of hydrogen-bond acceptors (Lipinski definition) is 5. The number of aromatic amines is 1. The van der Waals surface area contributed by atoms with Gasteiger partial charge >= 0.3 is 6.18 Å². The van der Waals surface area contributed by atoms with Crippen LogP contribution in [0.5, 0.6) is 0 Å². The van der Waals surface area contributed by atoms with Crippen molar-refractivity contribution in [1.82, 2.24) is 24.8 Å². The number of carbonyl (C=O) groups is 1. The first-order valence-corrected chi connectivity index (χ1v) is 11.2. The number of nitrogens with one attached hydrogen (secondary N) is 1. The number of amides is 1. The number of pyridine rings is 3. The smallest absolute Gasteiger partial charge is 0.384 e. The molecule has 0 unspecified atom stereocenters. The molecule has 0 spiro atoms. The van der Waals surface area contributed by atoms with Crippen molar-refractivity contribution >= 4 is 22.8 Å². The van der Waals surface area contributed by atoms with Crippen LogP contribution in [0.25, 0.3) is 11.0 Å². The third-order valence-corrected chi connectivity index (χ3v) is 6.36. The van der Waals surface area contributed by atoms with E-state index in [9.17, 15) is 18.0 Å². The molecule has 10 heteroatoms. The third-order valence-electron chi connectivity index (χ3n) is 6.36. The average Bonchev–Trinajstić information content (AvgIpc) is 3.32. The molecule has 4 aromatic heterocycles. The van der Waals surface area contributed by atoms with Crippen LogP contribution in [0.2, 0.25) is 0 Å². The van der Waals surface area contributed by atoms with E-state index in [2.05, 4.69) is 19.9 Å². The van der Waals surface area contributed by atoms with Gasteiger partial charge in [0.2, 0.25) is 5.91 Å². The molecule has 0 fully saturated rings. The summed E-state index contributed by atoms with van der Waals surface area (Å²) in [5, 5.41) is 0.888. The number of fused-ring (bicyclic) bond motifs is 2. The fourth-order valence-electron chi connectivity index (χ4n) is 4.55. The number of aromatic nitrogens is 4. The highest BCUT2D eigenvalue weighted by Gasteiger charge is 2.32. The molecule has 0 aromatic carbocycles. The maximum Gasteiger partial charge on any atom is 0.417 e. The van der Waals surface area contributed by atoms with Crippen LogP contribution in [0.1, 0.15) is 34.5 Å². The lowest BCUT2D eigenvalue weighted by Crippen LogP contribution is -2.38. The van der Waals surface area contributed by atoms with E-state index in [4.69, 9.17) is 5.73 Å². The second-order valence-electron chi connectivity index (χ2n) is 8.72. The Bertz CT molecular complexity index is 1370. The molecule has 5 rings (SSSR count). The zero-order chi connectivity index (χ0) is 24.6. The number of nitrogens with zero attached hydrogens (tertiary/aromatic N) is 4. The monoisotopic (exact) mass is 480 g/mol. The van der Waals surface area contributed by atoms with Crippen LogP contribution >= 0.6 is 0 Å². The second kappa shape index (κ2) is 9.01. The molecule has 0 saturated heterocycles. The van der Waals surface area contributed by atoms with Crippen molar-refractivity contribution in [3.63, 3.8) is 0 Å². The number of halogens is 3. The molecule has 0 bridgehead atoms. The number of anilines is 1. The number of aryl methyl sites for hydroxylation is 1. The maximum absolute atomic E-state index is 13.7. The summed E-state index contributed by atoms with van der Waals surface area (Å²) in [4.78, 5) is 31.1. The second-order valence-corrected chi connectivity index (χ2v) is 8.72. The van der Waals surface area contributed by atoms with Crippen LogP contribution in [0.15, 0.2) is 55.0 Å². The molecule has 35 heavy (non-hydrogen) atoms. The summed E-state index contributed by atoms with van der Waals surface area (Å²) in [5.41, 5.74) is 8.86. The molecule has 1 atom stereocenters. The van der Waals surface area contributed by atoms with E-state index in [0.717, 1.165) is 34.5 Å². The summed E-state index contributed by atoms with van der Waals surface area (Å²) in [5.74, 6) is 0.109. The Morgan fingerprint density at radius 2 is 1.97 bits per heavy atom. The average molecular weight is 480 g/mol. The molecular weight excluding hydrogens is 457 g/mol. The first-order valence-electron chi connectivity index (χ1n) is 11.2. The Kier molecular flexibility index (Phi) is 5.88. The maximum atomic E-state index is 13.7. The van der Waals surface area contributed by atoms with Crippen LogP contribution in [-0.2, 0) is 36.9 Å². The Morgan fingerprint density at radius 3 is 2.74 bits per heavy atom. The molecule has 180 valence electrons. The standard InChI is InChI=1S/C25H23F3N6O/c26-25(27,28)18-3-4-19(32-12-18)14-34(13-17-7-9-30-23-20(17)8-10-31-23)24(35)16-1-5-21-15(11-16)2-6-22(29)33-21/h2-4,6-10,12,16H,1,5,11,13-14H2,(H2,29,33)(H,30,31)/t16-/m1/s1. The van der Waals surface area contributed by atoms with Gasteiger partial charge in [-0.15, -0.1) is 0 Å². The van der Waals surface area contributed by atoms with E-state index < -0.39 is 11.7 Å². The summed E-state index contributed by atoms with van der Waals surface area (Å²) in [6, 6.07) is 9.70. The normalized spacial score (nSPS) is 15.7. The summed E-state index contributed by atoms with van der Waals surface area (Å²) in [7, 11) is 0. The Labute approximate surface area is 199 Å². The summed E-state index contributed by atoms with van der Waals surface area (Å²) < 4.78 is 38.9. The van der Waals surface area contributed by atoms with E-state index in [1.807, 2.05) is 18.2 Å². The van der Waals surface area contributed by atoms with Gasteiger partial charge in [-0.05, 0) is 60.7 Å². The largest absolute Gasteiger partial charge is 0.417 e. The van der Waals surface area contributed by atoms with Gasteiger partial charge in [-0.3, -0.25) is 9.78 Å². The SMILES string of the molecule is Nc1ccc2c(n1)CC[C@@H](C(=O)N(Cc1ccc(C(F)(F)F)cn1)Cc1ccnc3[nH]ccc13)C2. The van der Waals surface area contributed by atoms with Crippen molar-refractivity contribution < 1.29 is 18.0 Å². The van der Waals surface area contributed by atoms with Gasteiger partial charge in [0.1, 0.15) is 11.5 Å². The van der Waals surface area contributed by atoms with Gasteiger partial charge in [0, 0.05) is 42.1 Å². The zero-order valence-electron chi connectivity index (χ0n) is 18.7. The van der Waals surface area contributed by atoms with Gasteiger partial charge < -0.3 is 15.6 Å². The van der Waals surface area contributed by atoms with Crippen molar-refractivity contribution in [2.75, 3.05) is 5.73 Å². The predicted octanol–water partition coefficient (Wildman–Crippen LogP) is 4.29. The number of carbonyl (C=O) groups excluding carboxylic acids is 1. The predicted molar refractivity (Wildman–Crippen MR) is 124 cm³/mol. The number of hydrogen-bond donors (Lipinski definition) is 2. The molecule has 4 heterocycles. The quantitative estimate of drug-likeness (QED) is 0.444. The van der Waals surface area contributed by atoms with Crippen molar-refractivity contribution in [2.24, 2.45) is 5.92 Å². The highest BCUT2D eigenvalue weighted by molar-refractivity contribution is 5.82. The topological polar surface area (TPSA) is 101 Å². The zero-order valence-corrected chi connectivity index (χ0v) is 18.7. The summed E-state index contributed by atoms with van der Waals surface area (Å²) in [6.07, 6.45) is 1.58. The van der Waals surface area contributed by atoms with E-state index in [0.29, 0.717) is 36.4 Å². The molecule has 0 radical (unpaired) electrons. The van der Waals surface area contributed by atoms with E-state index >= 15 is 0 Å². The number of nitrogens with two attached hydrogens (primary N) is 1. The third kappa shape index (κ3) is 4.82. The lowest BCUT2D eigenvalue weighted by atomic mass is 9.85. The summed E-state index contributed by atoms with van der Waals surface area (Å²) >= 11 is 0. The molecule has 1 aliphatic carbocycles. The van der Waals surface area contributed by atoms with Crippen molar-refractivity contribution in [1.29, 1.82) is 0 Å². The minimum atomic E-state index is -4.47. The van der Waals surface area contributed by atoms with Crippen molar-refractivity contribution in [3.05, 3.63) is 83.1 Å². The van der Waals surface area contributed by atoms with Gasteiger partial charge in [-0.2, -0.15) is 13.2 Å². The van der Waals surface area contributed by atoms with Crippen molar-refractivity contribution in [3.8, 4) is 0 Å². The Balaban J connectivity index is 1.43. The molecule has 0 saturated carbocycles. The first kappa shape index (κ1) is 22.8. The van der Waals surface area contributed by atoms with Crippen LogP contribution < -0.4 is 5.73 Å². The Morgan fingerprint density at radius 1 is 1.11 bits per heavy atom. The molecule has 7 nitrogen and oxygen atoms in total. The molecule has 1 aliphatic rings. The van der Waals surface area contributed by atoms with Gasteiger partial charge in [-0.25, -0.2) is 9.97 Å². The number of rotatable bonds is 5. The van der Waals surface area contributed by atoms with Crippen LogP contribution in [-0.4, -0.2) is 30.7 Å². The highest BCUT2D eigenvalue weighted by atomic mass is 19.4. The minimum absolute atomic E-state index is 0.0744. The van der Waals surface area contributed by atoms with Gasteiger partial charge in [0.15, 0.2) is 0 Å². The number of nitrogen functional groups attached to an aromatic ring is 1. The van der Waals surface area contributed by atoms with Gasteiger partial charge in [-0.1, -0.05) is 6.07 Å². The van der Waals surface area contributed by atoms with E-state index in [1.165, 1.54) is 6.07 Å². The lowest BCUT2D eigenvalue weighted by molar-refractivity contribution is -0.138. The lowest BCUT2D eigenvalue weighted by Gasteiger charge is -2.30. The first-order chi connectivity index (χ1) is 16.8. The van der Waals surface area contributed by atoms with Crippen LogP contribution in [0.4, 0.5) is 19.0 Å². The van der Waals surface area contributed by atoms with Crippen molar-refractivity contribution in [2.45, 2.75) is 38.5 Å². The van der Waals surface area contributed by atoms with E-state index in [1.54, 1.807) is 23.4 Å². The molecule has 4 aromatic rings. The fourth-order valence-corrected chi connectivity index (χ4v) is 4.55. The van der Waals surface area contributed by atoms with Gasteiger partial charge in [0.25, 0.3) is 0 Å². The summed E-state index contributed by atoms with van der Waals surface area (Å²) in [6.45, 7) is 0.371.